The number of β-amino-alcohol motifs (C(OH)–C–C–N with tert-alkyl or cyclic N) is 1. The molecule has 0 atom stereocenters. The van der Waals surface area contributed by atoms with Crippen LogP contribution in [0.25, 0.3) is 0 Å². The molecule has 0 saturated heterocycles. The van der Waals surface area contributed by atoms with Gasteiger partial charge in [0.1, 0.15) is 0 Å². The van der Waals surface area contributed by atoms with Crippen molar-refractivity contribution in [1.82, 2.24) is 5.32 Å². The average Bonchev–Trinajstić information content (AvgIpc) is 2.01. The summed E-state index contributed by atoms with van der Waals surface area (Å²) in [6.07, 6.45) is 3.87. The van der Waals surface area contributed by atoms with Gasteiger partial charge in [-0.3, -0.25) is 0 Å². The summed E-state index contributed by atoms with van der Waals surface area (Å²) in [5.41, 5.74) is -0.410. The molecule has 0 aliphatic heterocycles. The molecule has 0 saturated carbocycles. The van der Waals surface area contributed by atoms with Crippen LogP contribution in [0.4, 0.5) is 0 Å². The van der Waals surface area contributed by atoms with Crippen molar-refractivity contribution in [1.29, 1.82) is 0 Å². The summed E-state index contributed by atoms with van der Waals surface area (Å²) in [4.78, 5) is 0. The first kappa shape index (κ1) is 13.9. The quantitative estimate of drug-likeness (QED) is 0.692. The van der Waals surface area contributed by atoms with Gasteiger partial charge in [0, 0.05) is 12.1 Å². The third-order valence-electron chi connectivity index (χ3n) is 2.38. The van der Waals surface area contributed by atoms with Crippen LogP contribution < -0.4 is 5.32 Å². The minimum absolute atomic E-state index is 0.0927. The normalized spacial score (nSPS) is 13.3. The Morgan fingerprint density at radius 1 is 1.00 bits per heavy atom. The van der Waals surface area contributed by atoms with Crippen LogP contribution in [0.15, 0.2) is 0 Å². The molecular formula is C12H27NO. The van der Waals surface area contributed by atoms with E-state index in [0.29, 0.717) is 6.54 Å². The first-order valence-corrected chi connectivity index (χ1v) is 5.80. The molecule has 0 aromatic carbocycles. The highest BCUT2D eigenvalue weighted by Crippen LogP contribution is 2.19. The fraction of sp³-hybridized carbons (Fsp3) is 1.00. The third-order valence-corrected chi connectivity index (χ3v) is 2.38. The summed E-state index contributed by atoms with van der Waals surface area (Å²) in [6.45, 7) is 11.3. The third kappa shape index (κ3) is 6.39. The summed E-state index contributed by atoms with van der Waals surface area (Å²) in [5.74, 6) is 0. The zero-order valence-electron chi connectivity index (χ0n) is 10.5. The van der Waals surface area contributed by atoms with Crippen molar-refractivity contribution in [2.24, 2.45) is 0 Å². The second-order valence-corrected chi connectivity index (χ2v) is 5.33. The van der Waals surface area contributed by atoms with E-state index in [1.54, 1.807) is 0 Å². The van der Waals surface area contributed by atoms with Crippen LogP contribution >= 0.6 is 0 Å². The average molecular weight is 201 g/mol. The van der Waals surface area contributed by atoms with E-state index in [1.807, 2.05) is 0 Å². The summed E-state index contributed by atoms with van der Waals surface area (Å²) in [6, 6.07) is 0. The van der Waals surface area contributed by atoms with Crippen molar-refractivity contribution in [3.05, 3.63) is 0 Å². The first-order valence-electron chi connectivity index (χ1n) is 5.80. The molecule has 0 rings (SSSR count). The Kier molecular flexibility index (Phi) is 5.68. The van der Waals surface area contributed by atoms with E-state index in [2.05, 4.69) is 39.9 Å². The molecule has 86 valence electrons. The van der Waals surface area contributed by atoms with Gasteiger partial charge >= 0.3 is 0 Å². The monoisotopic (exact) mass is 201 g/mol. The molecule has 0 unspecified atom stereocenters. The van der Waals surface area contributed by atoms with Gasteiger partial charge < -0.3 is 10.4 Å². The number of aliphatic hydroxyl groups is 1. The van der Waals surface area contributed by atoms with Crippen LogP contribution in [0, 0.1) is 0 Å². The van der Waals surface area contributed by atoms with E-state index >= 15 is 0 Å². The molecule has 0 radical (unpaired) electrons. The smallest absolute Gasteiger partial charge is 0.0771 e. The second kappa shape index (κ2) is 5.72. The fourth-order valence-corrected chi connectivity index (χ4v) is 1.66. The van der Waals surface area contributed by atoms with Gasteiger partial charge in [-0.05, 0) is 33.6 Å². The van der Waals surface area contributed by atoms with Crippen LogP contribution in [0.2, 0.25) is 0 Å². The summed E-state index contributed by atoms with van der Waals surface area (Å²) < 4.78 is 0. The molecule has 0 aromatic rings. The Morgan fingerprint density at radius 3 is 1.71 bits per heavy atom. The molecule has 2 N–H and O–H groups in total. The van der Waals surface area contributed by atoms with Crippen molar-refractivity contribution < 1.29 is 5.11 Å². The van der Waals surface area contributed by atoms with Gasteiger partial charge in [-0.1, -0.05) is 26.7 Å². The molecule has 2 heteroatoms. The van der Waals surface area contributed by atoms with Crippen LogP contribution in [-0.4, -0.2) is 22.8 Å². The van der Waals surface area contributed by atoms with E-state index in [9.17, 15) is 5.11 Å². The van der Waals surface area contributed by atoms with E-state index in [0.717, 1.165) is 25.7 Å². The van der Waals surface area contributed by atoms with Crippen molar-refractivity contribution in [2.75, 3.05) is 6.54 Å². The fourth-order valence-electron chi connectivity index (χ4n) is 1.66. The Morgan fingerprint density at radius 2 is 1.43 bits per heavy atom. The van der Waals surface area contributed by atoms with Crippen LogP contribution in [-0.2, 0) is 0 Å². The molecule has 2 nitrogen and oxygen atoms in total. The van der Waals surface area contributed by atoms with Gasteiger partial charge in [0.05, 0.1) is 5.60 Å². The number of hydrogen-bond donors (Lipinski definition) is 2. The van der Waals surface area contributed by atoms with Gasteiger partial charge in [-0.15, -0.1) is 0 Å². The predicted octanol–water partition coefficient (Wildman–Crippen LogP) is 2.71. The maximum atomic E-state index is 10.3. The highest BCUT2D eigenvalue weighted by atomic mass is 16.3. The van der Waals surface area contributed by atoms with E-state index in [1.165, 1.54) is 0 Å². The summed E-state index contributed by atoms with van der Waals surface area (Å²) >= 11 is 0. The lowest BCUT2D eigenvalue weighted by molar-refractivity contribution is 0.0163. The van der Waals surface area contributed by atoms with E-state index in [4.69, 9.17) is 0 Å². The maximum Gasteiger partial charge on any atom is 0.0771 e. The second-order valence-electron chi connectivity index (χ2n) is 5.33. The van der Waals surface area contributed by atoms with Gasteiger partial charge in [-0.2, -0.15) is 0 Å². The topological polar surface area (TPSA) is 32.3 Å². The Labute approximate surface area is 89.1 Å². The van der Waals surface area contributed by atoms with Gasteiger partial charge in [-0.25, -0.2) is 0 Å². The molecule has 0 spiro atoms. The van der Waals surface area contributed by atoms with Crippen LogP contribution in [0.3, 0.4) is 0 Å². The standard InChI is InChI=1S/C12H27NO/c1-6-8-12(14,9-7-2)10-13-11(3,4)5/h13-14H,6-10H2,1-5H3. The van der Waals surface area contributed by atoms with Gasteiger partial charge in [0.15, 0.2) is 0 Å². The first-order chi connectivity index (χ1) is 6.33. The maximum absolute atomic E-state index is 10.3. The highest BCUT2D eigenvalue weighted by Gasteiger charge is 2.26. The van der Waals surface area contributed by atoms with Gasteiger partial charge in [0.2, 0.25) is 0 Å². The number of rotatable bonds is 6. The van der Waals surface area contributed by atoms with Gasteiger partial charge in [0.25, 0.3) is 0 Å². The highest BCUT2D eigenvalue weighted by molar-refractivity contribution is 4.83. The molecule has 0 heterocycles. The zero-order valence-corrected chi connectivity index (χ0v) is 10.5. The van der Waals surface area contributed by atoms with Crippen molar-refractivity contribution in [2.45, 2.75) is 71.4 Å². The SMILES string of the molecule is CCCC(O)(CCC)CNC(C)(C)C. The molecule has 0 aromatic heterocycles. The molecule has 0 aliphatic carbocycles. The number of nitrogens with one attached hydrogen (secondary N) is 1. The molecule has 0 fully saturated rings. The molecule has 0 bridgehead atoms. The minimum Gasteiger partial charge on any atom is -0.389 e. The molecule has 0 aliphatic rings. The largest absolute Gasteiger partial charge is 0.389 e. The van der Waals surface area contributed by atoms with E-state index < -0.39 is 5.60 Å². The van der Waals surface area contributed by atoms with E-state index in [-0.39, 0.29) is 5.54 Å². The van der Waals surface area contributed by atoms with Crippen LogP contribution in [0.5, 0.6) is 0 Å². The summed E-state index contributed by atoms with van der Waals surface area (Å²) in [7, 11) is 0. The zero-order chi connectivity index (χ0) is 11.2. The van der Waals surface area contributed by atoms with Crippen molar-refractivity contribution >= 4 is 0 Å². The number of hydrogen-bond acceptors (Lipinski definition) is 2. The lowest BCUT2D eigenvalue weighted by Gasteiger charge is -2.32. The predicted molar refractivity (Wildman–Crippen MR) is 62.5 cm³/mol. The summed E-state index contributed by atoms with van der Waals surface area (Å²) in [5, 5.41) is 13.7. The minimum atomic E-state index is -0.503. The lowest BCUT2D eigenvalue weighted by Crippen LogP contribution is -2.47. The Bertz CT molecular complexity index is 143. The lowest BCUT2D eigenvalue weighted by atomic mass is 9.91. The Hall–Kier alpha value is -0.0800. The molecule has 14 heavy (non-hydrogen) atoms. The van der Waals surface area contributed by atoms with Crippen molar-refractivity contribution in [3.63, 3.8) is 0 Å². The molecular weight excluding hydrogens is 174 g/mol. The Balaban J connectivity index is 4.08. The van der Waals surface area contributed by atoms with Crippen molar-refractivity contribution in [3.8, 4) is 0 Å². The van der Waals surface area contributed by atoms with Crippen LogP contribution in [0.1, 0.15) is 60.3 Å². The molecule has 0 amide bonds.